The van der Waals surface area contributed by atoms with E-state index in [4.69, 9.17) is 15.2 Å². The first-order valence-electron chi connectivity index (χ1n) is 8.67. The largest absolute Gasteiger partial charge is 0.489 e. The predicted octanol–water partition coefficient (Wildman–Crippen LogP) is 2.82. The molecule has 1 atom stereocenters. The van der Waals surface area contributed by atoms with Crippen molar-refractivity contribution in [2.45, 2.75) is 13.0 Å². The Morgan fingerprint density at radius 1 is 1.28 bits per heavy atom. The summed E-state index contributed by atoms with van der Waals surface area (Å²) in [7, 11) is 0. The molecular formula is C20H23N3O2. The topological polar surface area (TPSA) is 60.6 Å². The minimum Gasteiger partial charge on any atom is -0.489 e. The van der Waals surface area contributed by atoms with E-state index in [0.29, 0.717) is 13.2 Å². The quantitative estimate of drug-likeness (QED) is 0.933. The third kappa shape index (κ3) is 3.67. The van der Waals surface area contributed by atoms with Crippen molar-refractivity contribution < 1.29 is 9.47 Å². The van der Waals surface area contributed by atoms with Gasteiger partial charge < -0.3 is 15.2 Å². The fourth-order valence-electron chi connectivity index (χ4n) is 3.45. The van der Waals surface area contributed by atoms with Crippen molar-refractivity contribution in [1.82, 2.24) is 9.88 Å². The molecule has 2 N–H and O–H groups in total. The van der Waals surface area contributed by atoms with Crippen LogP contribution in [0.4, 0.5) is 5.69 Å². The molecule has 0 radical (unpaired) electrons. The van der Waals surface area contributed by atoms with Gasteiger partial charge in [-0.15, -0.1) is 0 Å². The van der Waals surface area contributed by atoms with Gasteiger partial charge in [0.2, 0.25) is 0 Å². The van der Waals surface area contributed by atoms with Gasteiger partial charge in [-0.05, 0) is 36.8 Å². The molecule has 0 bridgehead atoms. The Kier molecular flexibility index (Phi) is 4.42. The van der Waals surface area contributed by atoms with Gasteiger partial charge in [-0.25, -0.2) is 0 Å². The van der Waals surface area contributed by atoms with E-state index in [1.165, 1.54) is 5.57 Å². The molecular weight excluding hydrogens is 314 g/mol. The van der Waals surface area contributed by atoms with Crippen LogP contribution in [0.15, 0.2) is 42.0 Å². The number of hydrogen-bond acceptors (Lipinski definition) is 5. The first-order valence-corrected chi connectivity index (χ1v) is 8.67. The molecule has 1 unspecified atom stereocenters. The third-order valence-electron chi connectivity index (χ3n) is 4.59. The van der Waals surface area contributed by atoms with Gasteiger partial charge in [-0.1, -0.05) is 18.2 Å². The van der Waals surface area contributed by atoms with Crippen LogP contribution in [0.5, 0.6) is 5.75 Å². The van der Waals surface area contributed by atoms with Gasteiger partial charge in [0, 0.05) is 36.6 Å². The lowest BCUT2D eigenvalue weighted by atomic mass is 10.1. The molecule has 3 heterocycles. The molecule has 1 saturated heterocycles. The van der Waals surface area contributed by atoms with Gasteiger partial charge in [0.05, 0.1) is 12.3 Å². The van der Waals surface area contributed by atoms with Crippen LogP contribution in [0.25, 0.3) is 6.08 Å². The second kappa shape index (κ2) is 6.86. The lowest BCUT2D eigenvalue weighted by Crippen LogP contribution is -2.40. The van der Waals surface area contributed by atoms with E-state index >= 15 is 0 Å². The molecule has 130 valence electrons. The summed E-state index contributed by atoms with van der Waals surface area (Å²) in [5.41, 5.74) is 11.0. The molecule has 2 aromatic rings. The van der Waals surface area contributed by atoms with Crippen molar-refractivity contribution in [3.63, 3.8) is 0 Å². The van der Waals surface area contributed by atoms with E-state index < -0.39 is 0 Å². The smallest absolute Gasteiger partial charge is 0.127 e. The highest BCUT2D eigenvalue weighted by Crippen LogP contribution is 2.27. The van der Waals surface area contributed by atoms with Gasteiger partial charge in [0.15, 0.2) is 0 Å². The van der Waals surface area contributed by atoms with E-state index in [0.717, 1.165) is 48.0 Å². The number of aromatic nitrogens is 1. The van der Waals surface area contributed by atoms with Crippen LogP contribution in [-0.4, -0.2) is 42.7 Å². The van der Waals surface area contributed by atoms with Crippen LogP contribution in [0.3, 0.4) is 0 Å². The zero-order valence-corrected chi connectivity index (χ0v) is 14.4. The standard InChI is InChI=1S/C20H23N3O2/c1-14-8-17(21)10-18(22-14)20-12-23(6-7-24-20)11-15-9-16-4-2-3-5-19(16)25-13-15/h2-5,8-10,20H,6-7,11-13H2,1H3,(H2,21,22). The lowest BCUT2D eigenvalue weighted by molar-refractivity contribution is -0.0294. The molecule has 2 aliphatic rings. The number of pyridine rings is 1. The maximum atomic E-state index is 5.96. The number of nitrogens with two attached hydrogens (primary N) is 1. The summed E-state index contributed by atoms with van der Waals surface area (Å²) in [5, 5.41) is 0. The molecule has 5 heteroatoms. The summed E-state index contributed by atoms with van der Waals surface area (Å²) in [6, 6.07) is 12.0. The van der Waals surface area contributed by atoms with Crippen LogP contribution >= 0.6 is 0 Å². The van der Waals surface area contributed by atoms with E-state index in [9.17, 15) is 0 Å². The van der Waals surface area contributed by atoms with Crippen molar-refractivity contribution in [2.24, 2.45) is 0 Å². The summed E-state index contributed by atoms with van der Waals surface area (Å²) >= 11 is 0. The molecule has 1 aromatic carbocycles. The summed E-state index contributed by atoms with van der Waals surface area (Å²) in [6.45, 7) is 5.92. The second-order valence-corrected chi connectivity index (χ2v) is 6.69. The van der Waals surface area contributed by atoms with Crippen LogP contribution in [0.2, 0.25) is 0 Å². The Balaban J connectivity index is 1.46. The highest BCUT2D eigenvalue weighted by Gasteiger charge is 2.24. The zero-order valence-electron chi connectivity index (χ0n) is 14.4. The summed E-state index contributed by atoms with van der Waals surface area (Å²) in [4.78, 5) is 7.00. The van der Waals surface area contributed by atoms with E-state index in [-0.39, 0.29) is 6.10 Å². The zero-order chi connectivity index (χ0) is 17.2. The van der Waals surface area contributed by atoms with Gasteiger partial charge in [-0.3, -0.25) is 9.88 Å². The Hall–Kier alpha value is -2.37. The van der Waals surface area contributed by atoms with E-state index in [2.05, 4.69) is 22.0 Å². The average Bonchev–Trinajstić information content (AvgIpc) is 2.61. The van der Waals surface area contributed by atoms with Gasteiger partial charge in [0.25, 0.3) is 0 Å². The summed E-state index contributed by atoms with van der Waals surface area (Å²) < 4.78 is 11.8. The van der Waals surface area contributed by atoms with Crippen molar-refractivity contribution in [1.29, 1.82) is 0 Å². The minimum atomic E-state index is -0.0339. The SMILES string of the molecule is Cc1cc(N)cc(C2CN(CC3=Cc4ccccc4OC3)CCO2)n1. The number of nitrogens with zero attached hydrogens (tertiary/aromatic N) is 2. The van der Waals surface area contributed by atoms with Gasteiger partial charge >= 0.3 is 0 Å². The molecule has 0 aliphatic carbocycles. The molecule has 25 heavy (non-hydrogen) atoms. The summed E-state index contributed by atoms with van der Waals surface area (Å²) in [6.07, 6.45) is 2.21. The predicted molar refractivity (Wildman–Crippen MR) is 98.4 cm³/mol. The Labute approximate surface area is 148 Å². The number of ether oxygens (including phenoxy) is 2. The third-order valence-corrected chi connectivity index (χ3v) is 4.59. The number of fused-ring (bicyclic) bond motifs is 1. The minimum absolute atomic E-state index is 0.0339. The Morgan fingerprint density at radius 2 is 2.16 bits per heavy atom. The maximum absolute atomic E-state index is 5.96. The van der Waals surface area contributed by atoms with Crippen LogP contribution in [-0.2, 0) is 4.74 Å². The first-order chi connectivity index (χ1) is 12.2. The van der Waals surface area contributed by atoms with Crippen LogP contribution in [0.1, 0.15) is 23.1 Å². The van der Waals surface area contributed by atoms with Gasteiger partial charge in [0.1, 0.15) is 18.5 Å². The highest BCUT2D eigenvalue weighted by molar-refractivity contribution is 5.62. The van der Waals surface area contributed by atoms with Crippen molar-refractivity contribution in [3.05, 3.63) is 58.9 Å². The number of hydrogen-bond donors (Lipinski definition) is 1. The number of morpholine rings is 1. The molecule has 1 aromatic heterocycles. The van der Waals surface area contributed by atoms with Crippen LogP contribution < -0.4 is 10.5 Å². The van der Waals surface area contributed by atoms with E-state index in [1.807, 2.05) is 37.3 Å². The second-order valence-electron chi connectivity index (χ2n) is 6.69. The fraction of sp³-hybridized carbons (Fsp3) is 0.350. The molecule has 5 nitrogen and oxygen atoms in total. The number of nitrogen functional groups attached to an aromatic ring is 1. The molecule has 0 saturated carbocycles. The maximum Gasteiger partial charge on any atom is 0.127 e. The number of rotatable bonds is 3. The Bertz CT molecular complexity index is 783. The number of anilines is 1. The molecule has 1 fully saturated rings. The highest BCUT2D eigenvalue weighted by atomic mass is 16.5. The molecule has 4 rings (SSSR count). The Morgan fingerprint density at radius 3 is 3.04 bits per heavy atom. The molecule has 2 aliphatic heterocycles. The van der Waals surface area contributed by atoms with Crippen molar-refractivity contribution in [3.8, 4) is 5.75 Å². The van der Waals surface area contributed by atoms with Crippen molar-refractivity contribution in [2.75, 3.05) is 38.6 Å². The van der Waals surface area contributed by atoms with Crippen LogP contribution in [0, 0.1) is 6.92 Å². The van der Waals surface area contributed by atoms with Crippen molar-refractivity contribution >= 4 is 11.8 Å². The molecule has 0 spiro atoms. The lowest BCUT2D eigenvalue weighted by Gasteiger charge is -2.34. The fourth-order valence-corrected chi connectivity index (χ4v) is 3.45. The first kappa shape index (κ1) is 16.1. The molecule has 0 amide bonds. The van der Waals surface area contributed by atoms with E-state index in [1.54, 1.807) is 0 Å². The van der Waals surface area contributed by atoms with Gasteiger partial charge in [-0.2, -0.15) is 0 Å². The monoisotopic (exact) mass is 337 g/mol. The number of benzene rings is 1. The number of para-hydroxylation sites is 1. The average molecular weight is 337 g/mol. The summed E-state index contributed by atoms with van der Waals surface area (Å²) in [5.74, 6) is 0.963. The number of aryl methyl sites for hydroxylation is 1. The normalized spacial score (nSPS) is 20.5.